The first kappa shape index (κ1) is 24.3. The van der Waals surface area contributed by atoms with Gasteiger partial charge < -0.3 is 25.2 Å². The molecule has 2 saturated heterocycles. The van der Waals surface area contributed by atoms with Crippen molar-refractivity contribution in [2.45, 2.75) is 25.4 Å². The number of nitrogens with one attached hydrogen (secondary N) is 2. The van der Waals surface area contributed by atoms with Crippen molar-refractivity contribution >= 4 is 28.4 Å². The average molecular weight is 497 g/mol. The molecule has 2 aromatic carbocycles. The van der Waals surface area contributed by atoms with Gasteiger partial charge in [0, 0.05) is 55.1 Å². The predicted molar refractivity (Wildman–Crippen MR) is 134 cm³/mol. The van der Waals surface area contributed by atoms with Crippen LogP contribution in [0.25, 0.3) is 11.0 Å². The molecule has 3 heterocycles. The fourth-order valence-corrected chi connectivity index (χ4v) is 4.81. The number of fused-ring (bicyclic) bond motifs is 1. The average Bonchev–Trinajstić information content (AvgIpc) is 3.39. The van der Waals surface area contributed by atoms with E-state index in [0.29, 0.717) is 48.6 Å². The molecule has 0 radical (unpaired) electrons. The van der Waals surface area contributed by atoms with Crippen molar-refractivity contribution in [2.75, 3.05) is 56.7 Å². The highest BCUT2D eigenvalue weighted by Gasteiger charge is 2.27. The van der Waals surface area contributed by atoms with Crippen LogP contribution < -0.4 is 15.5 Å². The summed E-state index contributed by atoms with van der Waals surface area (Å²) in [7, 11) is 1.90. The van der Waals surface area contributed by atoms with Crippen LogP contribution in [0.2, 0.25) is 0 Å². The van der Waals surface area contributed by atoms with Crippen LogP contribution in [-0.4, -0.2) is 73.3 Å². The Balaban J connectivity index is 1.53. The van der Waals surface area contributed by atoms with Gasteiger partial charge in [0.25, 0.3) is 5.91 Å². The molecule has 0 saturated carbocycles. The maximum Gasteiger partial charge on any atom is 0.253 e. The topological polar surface area (TPSA) is 82.6 Å². The van der Waals surface area contributed by atoms with Gasteiger partial charge >= 0.3 is 0 Å². The third-order valence-corrected chi connectivity index (χ3v) is 6.90. The third-order valence-electron chi connectivity index (χ3n) is 6.90. The Hall–Kier alpha value is -3.37. The zero-order valence-electron chi connectivity index (χ0n) is 20.4. The number of halogens is 2. The van der Waals surface area contributed by atoms with Gasteiger partial charge in [0.05, 0.1) is 36.5 Å². The molecule has 2 atom stereocenters. The number of hydrogen-bond donors (Lipinski definition) is 2. The monoisotopic (exact) mass is 496 g/mol. The molecule has 5 rings (SSSR count). The van der Waals surface area contributed by atoms with Crippen LogP contribution in [0.4, 0.5) is 20.3 Å². The molecule has 1 unspecified atom stereocenters. The van der Waals surface area contributed by atoms with Crippen LogP contribution in [0.15, 0.2) is 36.5 Å². The lowest BCUT2D eigenvalue weighted by Crippen LogP contribution is -2.36. The summed E-state index contributed by atoms with van der Waals surface area (Å²) < 4.78 is 32.7. The number of rotatable bonds is 6. The normalized spacial score (nSPS) is 19.1. The fourth-order valence-electron chi connectivity index (χ4n) is 4.81. The molecule has 2 aliphatic heterocycles. The lowest BCUT2D eigenvalue weighted by molar-refractivity contribution is 0.0789. The number of nitrogens with zero attached hydrogens (tertiary/aromatic N) is 4. The second kappa shape index (κ2) is 10.3. The lowest BCUT2D eigenvalue weighted by atomic mass is 10.0. The lowest BCUT2D eigenvalue weighted by Gasteiger charge is -2.28. The smallest absolute Gasteiger partial charge is 0.253 e. The predicted octanol–water partition coefficient (Wildman–Crippen LogP) is 3.35. The number of carbonyl (C=O) groups is 1. The molecule has 1 aromatic heterocycles. The Bertz CT molecular complexity index is 1270. The number of anilines is 2. The van der Waals surface area contributed by atoms with Gasteiger partial charge in [-0.1, -0.05) is 0 Å². The molecule has 36 heavy (non-hydrogen) atoms. The highest BCUT2D eigenvalue weighted by atomic mass is 19.2. The summed E-state index contributed by atoms with van der Waals surface area (Å²) in [5, 5.41) is 6.46. The number of amides is 1. The Morgan fingerprint density at radius 2 is 1.94 bits per heavy atom. The van der Waals surface area contributed by atoms with E-state index in [-0.39, 0.29) is 18.0 Å². The van der Waals surface area contributed by atoms with Gasteiger partial charge in [-0.25, -0.2) is 13.8 Å². The SMILES string of the molecule is CN[C@@H]1CCN(C(=O)c2cc(C(C)Nc3ccc(F)c(F)c3)c3nc(N4CCOCC4)cnc3c2)C1. The minimum Gasteiger partial charge on any atom is -0.378 e. The van der Waals surface area contributed by atoms with Crippen LogP contribution in [0.3, 0.4) is 0 Å². The molecular weight excluding hydrogens is 466 g/mol. The first-order chi connectivity index (χ1) is 17.4. The fraction of sp³-hybridized carbons (Fsp3) is 0.423. The summed E-state index contributed by atoms with van der Waals surface area (Å²) in [6, 6.07) is 7.24. The van der Waals surface area contributed by atoms with E-state index in [1.807, 2.05) is 24.9 Å². The van der Waals surface area contributed by atoms with E-state index < -0.39 is 11.6 Å². The van der Waals surface area contributed by atoms with Gasteiger partial charge in [-0.2, -0.15) is 0 Å². The minimum atomic E-state index is -0.927. The van der Waals surface area contributed by atoms with E-state index in [0.717, 1.165) is 43.0 Å². The van der Waals surface area contributed by atoms with E-state index in [4.69, 9.17) is 9.72 Å². The van der Waals surface area contributed by atoms with Crippen LogP contribution >= 0.6 is 0 Å². The van der Waals surface area contributed by atoms with Crippen LogP contribution in [0.5, 0.6) is 0 Å². The number of morpholine rings is 1. The number of hydrogen-bond acceptors (Lipinski definition) is 7. The zero-order chi connectivity index (χ0) is 25.2. The molecule has 3 aromatic rings. The number of benzene rings is 2. The summed E-state index contributed by atoms with van der Waals surface area (Å²) in [6.07, 6.45) is 2.63. The van der Waals surface area contributed by atoms with Gasteiger partial charge in [0.15, 0.2) is 11.6 Å². The quantitative estimate of drug-likeness (QED) is 0.542. The Labute approximate surface area is 208 Å². The largest absolute Gasteiger partial charge is 0.378 e. The zero-order valence-corrected chi connectivity index (χ0v) is 20.4. The van der Waals surface area contributed by atoms with Gasteiger partial charge in [0.2, 0.25) is 0 Å². The summed E-state index contributed by atoms with van der Waals surface area (Å²) in [5.41, 5.74) is 2.98. The molecule has 1 amide bonds. The van der Waals surface area contributed by atoms with Crippen LogP contribution in [0.1, 0.15) is 35.3 Å². The summed E-state index contributed by atoms with van der Waals surface area (Å²) >= 11 is 0. The molecule has 10 heteroatoms. The number of likely N-dealkylation sites (tertiary alicyclic amines) is 1. The second-order valence-corrected chi connectivity index (χ2v) is 9.28. The van der Waals surface area contributed by atoms with Gasteiger partial charge in [-0.15, -0.1) is 0 Å². The molecule has 8 nitrogen and oxygen atoms in total. The van der Waals surface area contributed by atoms with Crippen molar-refractivity contribution in [3.05, 3.63) is 59.3 Å². The van der Waals surface area contributed by atoms with Gasteiger partial charge in [0.1, 0.15) is 5.82 Å². The van der Waals surface area contributed by atoms with Gasteiger partial charge in [-0.05, 0) is 44.7 Å². The first-order valence-corrected chi connectivity index (χ1v) is 12.2. The minimum absolute atomic E-state index is 0.0602. The molecule has 0 spiro atoms. The molecular formula is C26H30F2N6O2. The van der Waals surface area contributed by atoms with Crippen LogP contribution in [0, 0.1) is 11.6 Å². The van der Waals surface area contributed by atoms with Crippen molar-refractivity contribution in [3.8, 4) is 0 Å². The highest BCUT2D eigenvalue weighted by Crippen LogP contribution is 2.30. The summed E-state index contributed by atoms with van der Waals surface area (Å²) in [6.45, 7) is 5.91. The van der Waals surface area contributed by atoms with E-state index in [9.17, 15) is 13.6 Å². The number of carbonyl (C=O) groups excluding carboxylic acids is 1. The van der Waals surface area contributed by atoms with Crippen molar-refractivity contribution < 1.29 is 18.3 Å². The Kier molecular flexibility index (Phi) is 6.97. The van der Waals surface area contributed by atoms with Crippen molar-refractivity contribution in [1.29, 1.82) is 0 Å². The van der Waals surface area contributed by atoms with E-state index in [2.05, 4.69) is 20.5 Å². The van der Waals surface area contributed by atoms with Crippen molar-refractivity contribution in [3.63, 3.8) is 0 Å². The molecule has 0 aliphatic carbocycles. The van der Waals surface area contributed by atoms with E-state index in [1.54, 1.807) is 12.3 Å². The molecule has 2 N–H and O–H groups in total. The van der Waals surface area contributed by atoms with E-state index in [1.165, 1.54) is 6.07 Å². The van der Waals surface area contributed by atoms with E-state index >= 15 is 0 Å². The van der Waals surface area contributed by atoms with Gasteiger partial charge in [-0.3, -0.25) is 9.78 Å². The number of aromatic nitrogens is 2. The van der Waals surface area contributed by atoms with Crippen LogP contribution in [-0.2, 0) is 4.74 Å². The molecule has 2 aliphatic rings. The van der Waals surface area contributed by atoms with Crippen molar-refractivity contribution in [1.82, 2.24) is 20.2 Å². The summed E-state index contributed by atoms with van der Waals surface area (Å²) in [5.74, 6) is -1.15. The Morgan fingerprint density at radius 3 is 2.67 bits per heavy atom. The second-order valence-electron chi connectivity index (χ2n) is 9.28. The summed E-state index contributed by atoms with van der Waals surface area (Å²) in [4.78, 5) is 26.9. The molecule has 0 bridgehead atoms. The maximum absolute atomic E-state index is 13.8. The number of ether oxygens (including phenoxy) is 1. The molecule has 2 fully saturated rings. The third kappa shape index (κ3) is 4.96. The standard InChI is InChI=1S/C26H30F2N6O2/c1-16(31-18-3-4-21(27)22(28)13-18)20-11-17(26(35)34-6-5-19(15-34)29-2)12-23-25(20)32-24(14-30-23)33-7-9-36-10-8-33/h3-4,11-14,16,19,29,31H,5-10,15H2,1-2H3/t16?,19-/m1/s1. The Morgan fingerprint density at radius 1 is 1.14 bits per heavy atom. The first-order valence-electron chi connectivity index (χ1n) is 12.2. The maximum atomic E-state index is 13.8. The highest BCUT2D eigenvalue weighted by molar-refractivity contribution is 5.98. The number of likely N-dealkylation sites (N-methyl/N-ethyl adjacent to an activating group) is 1. The van der Waals surface area contributed by atoms with Crippen molar-refractivity contribution in [2.24, 2.45) is 0 Å². The molecule has 190 valence electrons.